The van der Waals surface area contributed by atoms with E-state index in [2.05, 4.69) is 18.7 Å². The molecule has 0 unspecified atom stereocenters. The van der Waals surface area contributed by atoms with Gasteiger partial charge in [0, 0.05) is 75.5 Å². The largest absolute Gasteiger partial charge is 0.481 e. The van der Waals surface area contributed by atoms with Crippen molar-refractivity contribution in [3.63, 3.8) is 0 Å². The van der Waals surface area contributed by atoms with Gasteiger partial charge in [-0.15, -0.1) is 34.4 Å². The van der Waals surface area contributed by atoms with Crippen molar-refractivity contribution in [2.45, 2.75) is 52.8 Å². The smallest absolute Gasteiger partial charge is 0.313 e. The number of nitrogens with zero attached hydrogens (tertiary/aromatic N) is 2. The molecule has 5 heterocycles. The molecule has 0 bridgehead atoms. The number of thiophene rings is 2. The molecule has 286 valence electrons. The average Bonchev–Trinajstić information content (AvgIpc) is 3.78. The SMILES string of the molecule is CN1c2cc3c(cc2-c2sccc2C1(C)C)C(c1c(F)c(SCC(=O)O)cc(F)c1S(=O)(=O)O)=c1cc2c(cc1O3)=[N+](C)C(C)(C)c1cc(S(=O)(=O)O)sc1-2. The number of benzene rings is 3. The molecule has 0 spiro atoms. The molecule has 0 atom stereocenters. The first-order chi connectivity index (χ1) is 25.5. The Hall–Kier alpha value is -4.17. The van der Waals surface area contributed by atoms with Gasteiger partial charge in [0.05, 0.1) is 27.8 Å². The minimum absolute atomic E-state index is 0.0755. The minimum Gasteiger partial charge on any atom is -0.481 e. The summed E-state index contributed by atoms with van der Waals surface area (Å²) in [6, 6.07) is 10.6. The molecule has 0 aliphatic carbocycles. The summed E-state index contributed by atoms with van der Waals surface area (Å²) in [4.78, 5) is 13.0. The van der Waals surface area contributed by atoms with E-state index >= 15 is 8.78 Å². The molecule has 0 amide bonds. The molecule has 11 nitrogen and oxygen atoms in total. The summed E-state index contributed by atoms with van der Waals surface area (Å²) in [5.74, 6) is -4.54. The second kappa shape index (κ2) is 12.2. The number of fused-ring (bicyclic) bond motifs is 8. The Morgan fingerprint density at radius 3 is 2.29 bits per heavy atom. The molecular formula is C37H31F2N2O9S5+. The summed E-state index contributed by atoms with van der Waals surface area (Å²) in [5.41, 5.74) is 1.25. The van der Waals surface area contributed by atoms with Gasteiger partial charge in [0.1, 0.15) is 39.3 Å². The minimum atomic E-state index is -5.48. The third-order valence-electron chi connectivity index (χ3n) is 10.8. The normalized spacial score (nSPS) is 16.4. The lowest BCUT2D eigenvalue weighted by atomic mass is 9.83. The molecule has 0 fully saturated rings. The van der Waals surface area contributed by atoms with Crippen LogP contribution in [0.25, 0.3) is 26.5 Å². The molecular weight excluding hydrogens is 815 g/mol. The predicted octanol–water partition coefficient (Wildman–Crippen LogP) is 6.50. The number of carbonyl (C=O) groups is 1. The van der Waals surface area contributed by atoms with Crippen molar-refractivity contribution in [3.8, 4) is 32.4 Å². The lowest BCUT2D eigenvalue weighted by Gasteiger charge is -2.43. The number of thioether (sulfide) groups is 1. The van der Waals surface area contributed by atoms with E-state index in [1.807, 2.05) is 36.9 Å². The molecule has 0 saturated heterocycles. The summed E-state index contributed by atoms with van der Waals surface area (Å²) < 4.78 is 113. The van der Waals surface area contributed by atoms with Gasteiger partial charge in [0.25, 0.3) is 10.1 Å². The number of rotatable bonds is 6. The lowest BCUT2D eigenvalue weighted by molar-refractivity contribution is -0.133. The van der Waals surface area contributed by atoms with Gasteiger partial charge in [0.2, 0.25) is 5.36 Å². The van der Waals surface area contributed by atoms with Crippen molar-refractivity contribution in [2.75, 3.05) is 24.7 Å². The number of aliphatic carboxylic acids is 1. The predicted molar refractivity (Wildman–Crippen MR) is 206 cm³/mol. The maximum absolute atomic E-state index is 17.1. The van der Waals surface area contributed by atoms with Gasteiger partial charge in [-0.2, -0.15) is 16.8 Å². The highest BCUT2D eigenvalue weighted by atomic mass is 32.3. The maximum Gasteiger partial charge on any atom is 0.313 e. The van der Waals surface area contributed by atoms with Gasteiger partial charge in [-0.25, -0.2) is 13.4 Å². The van der Waals surface area contributed by atoms with E-state index in [4.69, 9.17) is 4.74 Å². The first kappa shape index (κ1) is 37.7. The summed E-state index contributed by atoms with van der Waals surface area (Å²) in [6.07, 6.45) is 0. The number of hydrogen-bond acceptors (Lipinski definition) is 10. The Morgan fingerprint density at radius 1 is 0.927 bits per heavy atom. The molecule has 55 heavy (non-hydrogen) atoms. The maximum atomic E-state index is 17.1. The van der Waals surface area contributed by atoms with Crippen LogP contribution in [-0.4, -0.2) is 56.9 Å². The molecule has 3 aromatic carbocycles. The van der Waals surface area contributed by atoms with E-state index in [0.29, 0.717) is 44.8 Å². The second-order valence-corrected chi connectivity index (χ2v) is 20.4. The molecule has 3 aliphatic heterocycles. The van der Waals surface area contributed by atoms with Crippen molar-refractivity contribution in [1.82, 2.24) is 4.58 Å². The molecule has 18 heteroatoms. The van der Waals surface area contributed by atoms with Gasteiger partial charge < -0.3 is 14.7 Å². The van der Waals surface area contributed by atoms with E-state index in [9.17, 15) is 35.8 Å². The Balaban J connectivity index is 1.57. The Kier molecular flexibility index (Phi) is 8.35. The fourth-order valence-corrected chi connectivity index (χ4v) is 12.1. The van der Waals surface area contributed by atoms with Crippen LogP contribution in [0.4, 0.5) is 14.5 Å². The fourth-order valence-electron chi connectivity index (χ4n) is 7.57. The first-order valence-corrected chi connectivity index (χ1v) is 22.0. The monoisotopic (exact) mass is 845 g/mol. The standard InChI is InChI=1S/C37H30F2N2O9S5/c1-36(2)20-7-8-51-33(20)16-9-18-25(13-23(16)40(36)5)50-26-14-24-17(34-21(37(3,4)41(24)6)11-29(53-34)54(44,45)46)10-19(26)30(18)31-32(39)27(52-15-28(42)43)12-22(38)35(31)55(47,48)49/h7-14H,15H2,1-6H3,(H2-,42,43,44,45,46,47,48,49)/p+1. The first-order valence-electron chi connectivity index (χ1n) is 16.5. The van der Waals surface area contributed by atoms with Crippen LogP contribution in [0, 0.1) is 11.6 Å². The van der Waals surface area contributed by atoms with Crippen LogP contribution < -0.4 is 24.8 Å². The molecule has 5 aromatic rings. The highest BCUT2D eigenvalue weighted by molar-refractivity contribution is 8.00. The van der Waals surface area contributed by atoms with Crippen molar-refractivity contribution >= 4 is 71.9 Å². The van der Waals surface area contributed by atoms with Crippen molar-refractivity contribution in [1.29, 1.82) is 0 Å². The quantitative estimate of drug-likeness (QED) is 0.0954. The fraction of sp³-hybridized carbons (Fsp3) is 0.243. The van der Waals surface area contributed by atoms with Crippen molar-refractivity contribution in [2.24, 2.45) is 0 Å². The van der Waals surface area contributed by atoms with Crippen molar-refractivity contribution in [3.05, 3.63) is 92.3 Å². The second-order valence-electron chi connectivity index (χ2n) is 14.4. The Labute approximate surface area is 326 Å². The van der Waals surface area contributed by atoms with E-state index in [1.54, 1.807) is 31.3 Å². The molecule has 3 aliphatic rings. The molecule has 3 N–H and O–H groups in total. The van der Waals surface area contributed by atoms with Gasteiger partial charge in [-0.05, 0) is 55.1 Å². The number of anilines is 1. The molecule has 8 rings (SSSR count). The lowest BCUT2D eigenvalue weighted by Crippen LogP contribution is -2.46. The van der Waals surface area contributed by atoms with Crippen LogP contribution in [-0.2, 0) is 36.1 Å². The molecule has 0 radical (unpaired) electrons. The number of hydrogen-bond donors (Lipinski definition) is 3. The summed E-state index contributed by atoms with van der Waals surface area (Å²) in [5, 5.41) is 11.9. The van der Waals surface area contributed by atoms with Crippen molar-refractivity contribution < 1.29 is 49.4 Å². The number of halogens is 2. The molecule has 2 aromatic heterocycles. The number of ether oxygens (including phenoxy) is 1. The highest BCUT2D eigenvalue weighted by Gasteiger charge is 2.43. The summed E-state index contributed by atoms with van der Waals surface area (Å²) >= 11 is 2.71. The zero-order chi connectivity index (χ0) is 39.9. The third kappa shape index (κ3) is 5.59. The van der Waals surface area contributed by atoms with Gasteiger partial charge in [-0.1, -0.05) is 0 Å². The number of carboxylic acids is 1. The van der Waals surface area contributed by atoms with Crippen LogP contribution in [0.2, 0.25) is 0 Å². The zero-order valence-electron chi connectivity index (χ0n) is 29.8. The average molecular weight is 846 g/mol. The highest BCUT2D eigenvalue weighted by Crippen LogP contribution is 2.54. The summed E-state index contributed by atoms with van der Waals surface area (Å²) in [7, 11) is -6.42. The van der Waals surface area contributed by atoms with Gasteiger partial charge in [-0.3, -0.25) is 13.9 Å². The Morgan fingerprint density at radius 2 is 1.64 bits per heavy atom. The van der Waals surface area contributed by atoms with E-state index in [-0.39, 0.29) is 32.1 Å². The molecule has 0 saturated carbocycles. The Bertz CT molecular complexity index is 2950. The van der Waals surface area contributed by atoms with E-state index in [0.717, 1.165) is 27.5 Å². The zero-order valence-corrected chi connectivity index (χ0v) is 33.9. The van der Waals surface area contributed by atoms with E-state index < -0.39 is 70.0 Å². The van der Waals surface area contributed by atoms with Crippen LogP contribution in [0.1, 0.15) is 49.9 Å². The van der Waals surface area contributed by atoms with Gasteiger partial charge >= 0.3 is 16.1 Å². The topological polar surface area (TPSA) is 162 Å². The van der Waals surface area contributed by atoms with Crippen LogP contribution in [0.5, 0.6) is 11.5 Å². The van der Waals surface area contributed by atoms with Crippen LogP contribution in [0.15, 0.2) is 61.8 Å². The van der Waals surface area contributed by atoms with Gasteiger partial charge in [0.15, 0.2) is 5.54 Å². The van der Waals surface area contributed by atoms with E-state index in [1.165, 1.54) is 17.4 Å². The summed E-state index contributed by atoms with van der Waals surface area (Å²) in [6.45, 7) is 7.84. The number of carboxylic acid groups (broad SMARTS) is 1. The van der Waals surface area contributed by atoms with Crippen LogP contribution >= 0.6 is 34.4 Å². The third-order valence-corrected chi connectivity index (χ3v) is 16.1. The van der Waals surface area contributed by atoms with Crippen LogP contribution in [0.3, 0.4) is 0 Å².